The average Bonchev–Trinajstić information content (AvgIpc) is 3.14. The van der Waals surface area contributed by atoms with E-state index in [4.69, 9.17) is 0 Å². The van der Waals surface area contributed by atoms with Gasteiger partial charge in [-0.1, -0.05) is 37.3 Å². The van der Waals surface area contributed by atoms with Gasteiger partial charge in [0.15, 0.2) is 0 Å². The zero-order valence-electron chi connectivity index (χ0n) is 12.5. The first-order valence-electron chi connectivity index (χ1n) is 7.64. The van der Waals surface area contributed by atoms with Crippen LogP contribution in [0.2, 0.25) is 0 Å². The number of nitrogens with one attached hydrogen (secondary N) is 2. The summed E-state index contributed by atoms with van der Waals surface area (Å²) >= 11 is 0. The first-order chi connectivity index (χ1) is 10.6. The predicted octanol–water partition coefficient (Wildman–Crippen LogP) is 0.773. The molecule has 1 aromatic rings. The number of hydrogen-bond acceptors (Lipinski definition) is 4. The third-order valence-corrected chi connectivity index (χ3v) is 4.64. The maximum Gasteiger partial charge on any atom is 0.308 e. The van der Waals surface area contributed by atoms with Crippen molar-refractivity contribution in [2.24, 2.45) is 11.8 Å². The summed E-state index contributed by atoms with van der Waals surface area (Å²) in [7, 11) is 0. The molecule has 2 saturated heterocycles. The number of benzene rings is 1. The van der Waals surface area contributed by atoms with Gasteiger partial charge in [-0.15, -0.1) is 0 Å². The smallest absolute Gasteiger partial charge is 0.308 e. The number of hydrazine groups is 1. The van der Waals surface area contributed by atoms with Gasteiger partial charge >= 0.3 is 5.97 Å². The molecule has 118 valence electrons. The molecule has 2 unspecified atom stereocenters. The van der Waals surface area contributed by atoms with Gasteiger partial charge in [0, 0.05) is 19.1 Å². The molecule has 1 aromatic carbocycles. The van der Waals surface area contributed by atoms with Crippen LogP contribution in [0, 0.1) is 11.8 Å². The Hall–Kier alpha value is -1.92. The van der Waals surface area contributed by atoms with Crippen molar-refractivity contribution in [3.05, 3.63) is 35.9 Å². The zero-order valence-corrected chi connectivity index (χ0v) is 12.5. The largest absolute Gasteiger partial charge is 0.481 e. The van der Waals surface area contributed by atoms with Crippen LogP contribution in [0.25, 0.3) is 0 Å². The van der Waals surface area contributed by atoms with E-state index in [0.29, 0.717) is 19.5 Å². The summed E-state index contributed by atoms with van der Waals surface area (Å²) in [5.74, 6) is -1.28. The molecule has 0 saturated carbocycles. The summed E-state index contributed by atoms with van der Waals surface area (Å²) in [6, 6.07) is 9.79. The highest BCUT2D eigenvalue weighted by Crippen LogP contribution is 2.27. The van der Waals surface area contributed by atoms with Crippen molar-refractivity contribution in [2.75, 3.05) is 13.1 Å². The van der Waals surface area contributed by atoms with E-state index in [1.54, 1.807) is 4.90 Å². The van der Waals surface area contributed by atoms with Crippen molar-refractivity contribution in [1.29, 1.82) is 0 Å². The second kappa shape index (κ2) is 6.06. The van der Waals surface area contributed by atoms with Gasteiger partial charge in [-0.3, -0.25) is 9.59 Å². The molecular weight excluding hydrogens is 282 g/mol. The van der Waals surface area contributed by atoms with Crippen LogP contribution in [0.15, 0.2) is 30.3 Å². The Labute approximate surface area is 129 Å². The molecule has 0 radical (unpaired) electrons. The summed E-state index contributed by atoms with van der Waals surface area (Å²) in [6.45, 7) is 2.71. The van der Waals surface area contributed by atoms with E-state index >= 15 is 0 Å². The van der Waals surface area contributed by atoms with Gasteiger partial charge in [-0.2, -0.15) is 0 Å². The topological polar surface area (TPSA) is 81.7 Å². The molecule has 0 bridgehead atoms. The Morgan fingerprint density at radius 2 is 1.91 bits per heavy atom. The van der Waals surface area contributed by atoms with Crippen LogP contribution in [0.5, 0.6) is 0 Å². The molecule has 3 N–H and O–H groups in total. The highest BCUT2D eigenvalue weighted by atomic mass is 16.4. The van der Waals surface area contributed by atoms with Gasteiger partial charge in [-0.05, 0) is 17.9 Å². The van der Waals surface area contributed by atoms with E-state index < -0.39 is 11.9 Å². The number of likely N-dealkylation sites (tertiary alicyclic amines) is 1. The van der Waals surface area contributed by atoms with Gasteiger partial charge in [-0.25, -0.2) is 10.9 Å². The number of carboxylic acid groups (broad SMARTS) is 1. The van der Waals surface area contributed by atoms with Gasteiger partial charge in [0.1, 0.15) is 6.04 Å². The Morgan fingerprint density at radius 1 is 1.18 bits per heavy atom. The highest BCUT2D eigenvalue weighted by molar-refractivity contribution is 5.83. The normalized spacial score (nSPS) is 31.4. The first kappa shape index (κ1) is 15.0. The maximum atomic E-state index is 12.6. The van der Waals surface area contributed by atoms with Crippen LogP contribution >= 0.6 is 0 Å². The molecule has 2 aliphatic rings. The van der Waals surface area contributed by atoms with Crippen LogP contribution in [-0.2, 0) is 9.59 Å². The molecule has 4 atom stereocenters. The predicted molar refractivity (Wildman–Crippen MR) is 80.7 cm³/mol. The first-order valence-corrected chi connectivity index (χ1v) is 7.64. The minimum atomic E-state index is -0.817. The van der Waals surface area contributed by atoms with Gasteiger partial charge in [0.2, 0.25) is 5.91 Å². The maximum absolute atomic E-state index is 12.6. The molecule has 0 spiro atoms. The van der Waals surface area contributed by atoms with E-state index in [-0.39, 0.29) is 23.9 Å². The Morgan fingerprint density at radius 3 is 2.55 bits per heavy atom. The number of carbonyl (C=O) groups excluding carboxylic acids is 1. The Kier molecular flexibility index (Phi) is 4.13. The summed E-state index contributed by atoms with van der Waals surface area (Å²) < 4.78 is 0. The quantitative estimate of drug-likeness (QED) is 0.768. The van der Waals surface area contributed by atoms with E-state index in [2.05, 4.69) is 10.9 Å². The van der Waals surface area contributed by atoms with Crippen LogP contribution in [0.3, 0.4) is 0 Å². The fourth-order valence-electron chi connectivity index (χ4n) is 3.31. The number of carboxylic acids is 1. The lowest BCUT2D eigenvalue weighted by atomic mass is 9.99. The number of hydrogen-bond donors (Lipinski definition) is 3. The third kappa shape index (κ3) is 2.84. The molecule has 2 fully saturated rings. The lowest BCUT2D eigenvalue weighted by Crippen LogP contribution is -2.45. The Bertz CT molecular complexity index is 563. The molecule has 6 heteroatoms. The second-order valence-corrected chi connectivity index (χ2v) is 6.21. The third-order valence-electron chi connectivity index (χ3n) is 4.64. The number of aliphatic carboxylic acids is 1. The minimum Gasteiger partial charge on any atom is -0.481 e. The molecular formula is C16H21N3O3. The lowest BCUT2D eigenvalue weighted by Gasteiger charge is -2.20. The van der Waals surface area contributed by atoms with E-state index in [1.165, 1.54) is 0 Å². The van der Waals surface area contributed by atoms with Gasteiger partial charge in [0.25, 0.3) is 0 Å². The van der Waals surface area contributed by atoms with E-state index in [1.807, 2.05) is 37.3 Å². The van der Waals surface area contributed by atoms with Crippen molar-refractivity contribution in [3.8, 4) is 0 Å². The van der Waals surface area contributed by atoms with Crippen molar-refractivity contribution in [2.45, 2.75) is 25.4 Å². The monoisotopic (exact) mass is 303 g/mol. The van der Waals surface area contributed by atoms with Crippen molar-refractivity contribution >= 4 is 11.9 Å². The highest BCUT2D eigenvalue weighted by Gasteiger charge is 2.40. The zero-order chi connectivity index (χ0) is 15.7. The molecule has 1 amide bonds. The number of carbonyl (C=O) groups is 2. The van der Waals surface area contributed by atoms with Crippen LogP contribution in [0.4, 0.5) is 0 Å². The molecule has 2 heterocycles. The molecule has 22 heavy (non-hydrogen) atoms. The minimum absolute atomic E-state index is 0.000678. The SMILES string of the molecule is C[C@@H]1CN(C(=O)C2CC(c3ccccc3)NN2)C[C@H]1C(=O)O. The van der Waals surface area contributed by atoms with Crippen LogP contribution < -0.4 is 10.9 Å². The Balaban J connectivity index is 1.62. The number of nitrogens with zero attached hydrogens (tertiary/aromatic N) is 1. The van der Waals surface area contributed by atoms with Crippen molar-refractivity contribution in [1.82, 2.24) is 15.8 Å². The summed E-state index contributed by atoms with van der Waals surface area (Å²) in [5.41, 5.74) is 7.35. The van der Waals surface area contributed by atoms with Crippen LogP contribution in [-0.4, -0.2) is 41.0 Å². The summed E-state index contributed by atoms with van der Waals surface area (Å²) in [4.78, 5) is 25.4. The molecule has 0 aromatic heterocycles. The fourth-order valence-corrected chi connectivity index (χ4v) is 3.31. The second-order valence-electron chi connectivity index (χ2n) is 6.21. The molecule has 3 rings (SSSR count). The lowest BCUT2D eigenvalue weighted by molar-refractivity contribution is -0.142. The van der Waals surface area contributed by atoms with Gasteiger partial charge in [0.05, 0.1) is 5.92 Å². The van der Waals surface area contributed by atoms with Crippen molar-refractivity contribution < 1.29 is 14.7 Å². The van der Waals surface area contributed by atoms with Crippen LogP contribution in [0.1, 0.15) is 24.9 Å². The van der Waals surface area contributed by atoms with Gasteiger partial charge < -0.3 is 10.0 Å². The fraction of sp³-hybridized carbons (Fsp3) is 0.500. The average molecular weight is 303 g/mol. The molecule has 6 nitrogen and oxygen atoms in total. The summed E-state index contributed by atoms with van der Waals surface area (Å²) in [6.07, 6.45) is 0.672. The number of rotatable bonds is 3. The standard InChI is InChI=1S/C16H21N3O3/c1-10-8-19(9-12(10)16(21)22)15(20)14-7-13(17-18-14)11-5-3-2-4-6-11/h2-6,10,12-14,17-18H,7-9H2,1H3,(H,21,22)/t10-,12-,13?,14?/m1/s1. The van der Waals surface area contributed by atoms with Crippen molar-refractivity contribution in [3.63, 3.8) is 0 Å². The molecule has 2 aliphatic heterocycles. The van der Waals surface area contributed by atoms with E-state index in [9.17, 15) is 14.7 Å². The summed E-state index contributed by atoms with van der Waals surface area (Å²) in [5, 5.41) is 9.17. The van der Waals surface area contributed by atoms with E-state index in [0.717, 1.165) is 5.56 Å². The molecule has 0 aliphatic carbocycles. The number of amides is 1.